The summed E-state index contributed by atoms with van der Waals surface area (Å²) in [5.74, 6) is -1.03. The van der Waals surface area contributed by atoms with Crippen molar-refractivity contribution in [3.8, 4) is 11.1 Å². The molecule has 0 saturated carbocycles. The number of H-pyrrole nitrogens is 1. The molecule has 5 aromatic carbocycles. The maximum Gasteiger partial charge on any atom is 0.267 e. The lowest BCUT2D eigenvalue weighted by Gasteiger charge is -2.30. The molecular weight excluding hydrogens is 682 g/mol. The van der Waals surface area contributed by atoms with Crippen LogP contribution < -0.4 is 10.6 Å². The number of rotatable bonds is 11. The molecule has 0 fully saturated rings. The van der Waals surface area contributed by atoms with Gasteiger partial charge in [0.25, 0.3) is 11.8 Å². The van der Waals surface area contributed by atoms with Crippen LogP contribution in [0.4, 0.5) is 4.39 Å². The second-order valence-electron chi connectivity index (χ2n) is 14.6. The van der Waals surface area contributed by atoms with Crippen LogP contribution in [0.25, 0.3) is 32.8 Å². The van der Waals surface area contributed by atoms with Crippen LogP contribution in [0.5, 0.6) is 0 Å². The Bertz CT molecular complexity index is 2330. The predicted octanol–water partition coefficient (Wildman–Crippen LogP) is 5.43. The SMILES string of the molecule is O=C(NC[C@H](O)CN1CCc2ccccc2C1)c1cc2c(F)cc(-c3ccc4c(c3)CCN(C[C@@H](O)CNC(=O)c3cccc5ccccc35)C4)cc2[nH]1. The summed E-state index contributed by atoms with van der Waals surface area (Å²) >= 11 is 0. The third-order valence-electron chi connectivity index (χ3n) is 10.7. The van der Waals surface area contributed by atoms with E-state index < -0.39 is 23.9 Å². The molecule has 0 saturated heterocycles. The number of aromatic amines is 1. The van der Waals surface area contributed by atoms with Crippen LogP contribution >= 0.6 is 0 Å². The van der Waals surface area contributed by atoms with Gasteiger partial charge in [-0.25, -0.2) is 4.39 Å². The molecular formula is C44H44FN5O4. The van der Waals surface area contributed by atoms with Crippen LogP contribution in [0.15, 0.2) is 103 Å². The zero-order valence-corrected chi connectivity index (χ0v) is 30.0. The van der Waals surface area contributed by atoms with Crippen molar-refractivity contribution < 1.29 is 24.2 Å². The summed E-state index contributed by atoms with van der Waals surface area (Å²) in [6, 6.07) is 32.7. The van der Waals surface area contributed by atoms with Crippen molar-refractivity contribution in [1.82, 2.24) is 25.4 Å². The Balaban J connectivity index is 0.851. The van der Waals surface area contributed by atoms with Crippen LogP contribution in [0.2, 0.25) is 0 Å². The number of nitrogens with one attached hydrogen (secondary N) is 3. The van der Waals surface area contributed by atoms with Gasteiger partial charge in [-0.05, 0) is 81.3 Å². The monoisotopic (exact) mass is 725 g/mol. The largest absolute Gasteiger partial charge is 0.390 e. The van der Waals surface area contributed by atoms with E-state index in [9.17, 15) is 19.8 Å². The summed E-state index contributed by atoms with van der Waals surface area (Å²) in [6.07, 6.45) is 0.245. The minimum Gasteiger partial charge on any atom is -0.390 e. The molecule has 3 heterocycles. The highest BCUT2D eigenvalue weighted by molar-refractivity contribution is 6.07. The lowest BCUT2D eigenvalue weighted by Crippen LogP contribution is -2.42. The molecule has 0 spiro atoms. The Morgan fingerprint density at radius 1 is 0.667 bits per heavy atom. The topological polar surface area (TPSA) is 121 Å². The summed E-state index contributed by atoms with van der Waals surface area (Å²) in [7, 11) is 0. The first-order valence-corrected chi connectivity index (χ1v) is 18.6. The number of hydrogen-bond acceptors (Lipinski definition) is 6. The molecule has 0 bridgehead atoms. The third-order valence-corrected chi connectivity index (χ3v) is 10.7. The first-order chi connectivity index (χ1) is 26.3. The van der Waals surface area contributed by atoms with E-state index in [1.165, 1.54) is 28.8 Å². The van der Waals surface area contributed by atoms with Gasteiger partial charge in [0, 0.05) is 68.8 Å². The zero-order chi connectivity index (χ0) is 37.2. The molecule has 6 aromatic rings. The van der Waals surface area contributed by atoms with Gasteiger partial charge >= 0.3 is 0 Å². The smallest absolute Gasteiger partial charge is 0.267 e. The molecule has 8 rings (SSSR count). The fourth-order valence-electron chi connectivity index (χ4n) is 7.90. The Morgan fingerprint density at radius 3 is 2.09 bits per heavy atom. The van der Waals surface area contributed by atoms with Gasteiger partial charge in [-0.3, -0.25) is 19.4 Å². The fraction of sp³-hybridized carbons (Fsp3) is 0.273. The van der Waals surface area contributed by atoms with E-state index in [2.05, 4.69) is 49.7 Å². The molecule has 9 nitrogen and oxygen atoms in total. The van der Waals surface area contributed by atoms with E-state index in [0.717, 1.165) is 54.4 Å². The Morgan fingerprint density at radius 2 is 1.31 bits per heavy atom. The van der Waals surface area contributed by atoms with Crippen molar-refractivity contribution in [2.75, 3.05) is 39.3 Å². The molecule has 2 aliphatic rings. The summed E-state index contributed by atoms with van der Waals surface area (Å²) < 4.78 is 15.4. The van der Waals surface area contributed by atoms with Gasteiger partial charge in [0.15, 0.2) is 0 Å². The van der Waals surface area contributed by atoms with Crippen LogP contribution in [0, 0.1) is 5.82 Å². The van der Waals surface area contributed by atoms with E-state index in [-0.39, 0.29) is 24.7 Å². The number of carbonyl (C=O) groups is 2. The average molecular weight is 726 g/mol. The van der Waals surface area contributed by atoms with Gasteiger partial charge in [0.2, 0.25) is 0 Å². The fourth-order valence-corrected chi connectivity index (χ4v) is 7.90. The van der Waals surface area contributed by atoms with E-state index in [4.69, 9.17) is 0 Å². The molecule has 276 valence electrons. The first kappa shape index (κ1) is 35.6. The molecule has 5 N–H and O–H groups in total. The predicted molar refractivity (Wildman–Crippen MR) is 209 cm³/mol. The number of fused-ring (bicyclic) bond motifs is 4. The molecule has 2 atom stereocenters. The average Bonchev–Trinajstić information content (AvgIpc) is 3.64. The van der Waals surface area contributed by atoms with Gasteiger partial charge in [0.1, 0.15) is 11.5 Å². The number of nitrogens with zero attached hydrogens (tertiary/aromatic N) is 2. The maximum atomic E-state index is 15.4. The number of β-amino-alcohol motifs (C(OH)–C–C–N with tert-alkyl or cyclic N) is 2. The Hall–Kier alpha value is -5.39. The van der Waals surface area contributed by atoms with Gasteiger partial charge in [-0.2, -0.15) is 0 Å². The second-order valence-corrected chi connectivity index (χ2v) is 14.6. The van der Waals surface area contributed by atoms with Crippen LogP contribution in [0.3, 0.4) is 0 Å². The number of amides is 2. The van der Waals surface area contributed by atoms with E-state index in [0.29, 0.717) is 41.7 Å². The molecule has 2 amide bonds. The number of halogens is 1. The standard InChI is InChI=1S/C44H44FN5O4/c45-40-19-34(20-41-39(40)21-42(48-41)44(54)47-23-36(52)27-49-16-14-28-6-1-2-8-32(28)24-49)30-12-13-33-25-50(17-15-31(33)18-30)26-35(51)22-46-43(53)38-11-5-9-29-7-3-4-10-37(29)38/h1-13,18-21,35-36,48,51-52H,14-17,22-27H2,(H,46,53)(H,47,54)/t35-,36-/m0/s1. The second kappa shape index (κ2) is 15.5. The minimum atomic E-state index is -0.734. The summed E-state index contributed by atoms with van der Waals surface area (Å²) in [4.78, 5) is 33.4. The van der Waals surface area contributed by atoms with Gasteiger partial charge in [0.05, 0.1) is 12.2 Å². The molecule has 1 aromatic heterocycles. The van der Waals surface area contributed by atoms with E-state index >= 15 is 4.39 Å². The number of carbonyl (C=O) groups excluding carboxylic acids is 2. The summed E-state index contributed by atoms with van der Waals surface area (Å²) in [5, 5.41) is 29.4. The van der Waals surface area contributed by atoms with Crippen LogP contribution in [-0.4, -0.2) is 88.3 Å². The van der Waals surface area contributed by atoms with Crippen LogP contribution in [0.1, 0.15) is 43.1 Å². The molecule has 0 unspecified atom stereocenters. The molecule has 54 heavy (non-hydrogen) atoms. The van der Waals surface area contributed by atoms with Crippen molar-refractivity contribution in [3.05, 3.63) is 142 Å². The Labute approximate surface area is 313 Å². The summed E-state index contributed by atoms with van der Waals surface area (Å²) in [5.41, 5.74) is 7.85. The number of benzene rings is 5. The van der Waals surface area contributed by atoms with E-state index in [1.54, 1.807) is 6.07 Å². The van der Waals surface area contributed by atoms with Crippen molar-refractivity contribution in [3.63, 3.8) is 0 Å². The molecule has 2 aliphatic heterocycles. The number of aliphatic hydroxyl groups is 2. The van der Waals surface area contributed by atoms with Crippen molar-refractivity contribution in [2.45, 2.75) is 38.1 Å². The third kappa shape index (κ3) is 7.78. The highest BCUT2D eigenvalue weighted by Crippen LogP contribution is 2.31. The molecule has 10 heteroatoms. The first-order valence-electron chi connectivity index (χ1n) is 18.6. The normalized spacial score (nSPS) is 15.8. The lowest BCUT2D eigenvalue weighted by atomic mass is 9.94. The highest BCUT2D eigenvalue weighted by atomic mass is 19.1. The summed E-state index contributed by atoms with van der Waals surface area (Å²) in [6.45, 7) is 4.15. The van der Waals surface area contributed by atoms with Gasteiger partial charge < -0.3 is 25.8 Å². The van der Waals surface area contributed by atoms with Crippen LogP contribution in [-0.2, 0) is 25.9 Å². The van der Waals surface area contributed by atoms with Crippen molar-refractivity contribution >= 4 is 33.5 Å². The number of aromatic nitrogens is 1. The van der Waals surface area contributed by atoms with E-state index in [1.807, 2.05) is 60.7 Å². The van der Waals surface area contributed by atoms with Gasteiger partial charge in [-0.1, -0.05) is 78.9 Å². The molecule has 0 radical (unpaired) electrons. The van der Waals surface area contributed by atoms with Gasteiger partial charge in [-0.15, -0.1) is 0 Å². The zero-order valence-electron chi connectivity index (χ0n) is 30.0. The quantitative estimate of drug-likeness (QED) is 0.122. The number of hydrogen-bond donors (Lipinski definition) is 5. The maximum absolute atomic E-state index is 15.4. The highest BCUT2D eigenvalue weighted by Gasteiger charge is 2.22. The lowest BCUT2D eigenvalue weighted by molar-refractivity contribution is 0.0838. The minimum absolute atomic E-state index is 0.0913. The molecule has 0 aliphatic carbocycles. The van der Waals surface area contributed by atoms with Crippen molar-refractivity contribution in [1.29, 1.82) is 0 Å². The number of aliphatic hydroxyl groups excluding tert-OH is 2. The Kier molecular flexibility index (Phi) is 10.2. The van der Waals surface area contributed by atoms with Crippen molar-refractivity contribution in [2.24, 2.45) is 0 Å².